The zero-order valence-corrected chi connectivity index (χ0v) is 5.67. The first-order valence-corrected chi connectivity index (χ1v) is 3.81. The van der Waals surface area contributed by atoms with Crippen LogP contribution in [0.4, 0.5) is 4.79 Å². The second-order valence-corrected chi connectivity index (χ2v) is 3.44. The topological polar surface area (TPSA) is 29.3 Å². The van der Waals surface area contributed by atoms with E-state index in [1.165, 1.54) is 19.3 Å². The average Bonchev–Trinajstić information content (AvgIpc) is 2.27. The standard InChI is InChI=1S/C7H9NO2/c9-6-8-5-2-1-3-7(5,8)4-10-6/h5H,1-4H2. The fourth-order valence-electron chi connectivity index (χ4n) is 2.53. The molecule has 2 saturated heterocycles. The highest BCUT2D eigenvalue weighted by Gasteiger charge is 2.72. The molecule has 0 radical (unpaired) electrons. The summed E-state index contributed by atoms with van der Waals surface area (Å²) in [6.07, 6.45) is 3.57. The molecule has 10 heavy (non-hydrogen) atoms. The maximum atomic E-state index is 10.9. The maximum Gasteiger partial charge on any atom is 0.410 e. The first-order valence-electron chi connectivity index (χ1n) is 3.81. The number of fused-ring (bicyclic) bond motifs is 1. The van der Waals surface area contributed by atoms with Crippen LogP contribution >= 0.6 is 0 Å². The van der Waals surface area contributed by atoms with Crippen molar-refractivity contribution >= 4 is 6.09 Å². The summed E-state index contributed by atoms with van der Waals surface area (Å²) >= 11 is 0. The van der Waals surface area contributed by atoms with Gasteiger partial charge in [0.05, 0.1) is 6.04 Å². The molecular formula is C7H9NO2. The van der Waals surface area contributed by atoms with Gasteiger partial charge in [0.15, 0.2) is 0 Å². The first-order chi connectivity index (χ1) is 4.84. The van der Waals surface area contributed by atoms with Crippen molar-refractivity contribution in [2.75, 3.05) is 6.61 Å². The van der Waals surface area contributed by atoms with E-state index >= 15 is 0 Å². The molecule has 1 saturated carbocycles. The van der Waals surface area contributed by atoms with E-state index in [4.69, 9.17) is 4.74 Å². The minimum atomic E-state index is -0.0790. The summed E-state index contributed by atoms with van der Waals surface area (Å²) < 4.78 is 4.91. The molecule has 3 aliphatic rings. The van der Waals surface area contributed by atoms with Crippen LogP contribution in [0.3, 0.4) is 0 Å². The van der Waals surface area contributed by atoms with Crippen LogP contribution in [0.2, 0.25) is 0 Å². The summed E-state index contributed by atoms with van der Waals surface area (Å²) in [5.74, 6) is 0. The largest absolute Gasteiger partial charge is 0.447 e. The van der Waals surface area contributed by atoms with Crippen LogP contribution in [0.5, 0.6) is 0 Å². The quantitative estimate of drug-likeness (QED) is 0.463. The molecular weight excluding hydrogens is 130 g/mol. The van der Waals surface area contributed by atoms with Gasteiger partial charge < -0.3 is 4.74 Å². The molecule has 0 N–H and O–H groups in total. The SMILES string of the molecule is O=C1OCC23CCCC2N13. The van der Waals surface area contributed by atoms with Crippen LogP contribution < -0.4 is 0 Å². The molecule has 2 heterocycles. The highest BCUT2D eigenvalue weighted by atomic mass is 16.6. The molecule has 54 valence electrons. The van der Waals surface area contributed by atoms with Gasteiger partial charge in [-0.3, -0.25) is 4.90 Å². The summed E-state index contributed by atoms with van der Waals surface area (Å²) in [6.45, 7) is 0.663. The van der Waals surface area contributed by atoms with Crippen LogP contribution in [0.25, 0.3) is 0 Å². The lowest BCUT2D eigenvalue weighted by Gasteiger charge is -1.99. The van der Waals surface area contributed by atoms with Crippen molar-refractivity contribution in [2.24, 2.45) is 0 Å². The van der Waals surface area contributed by atoms with Gasteiger partial charge in [-0.1, -0.05) is 0 Å². The van der Waals surface area contributed by atoms with E-state index in [9.17, 15) is 4.79 Å². The number of nitrogens with zero attached hydrogens (tertiary/aromatic N) is 1. The van der Waals surface area contributed by atoms with E-state index in [-0.39, 0.29) is 11.6 Å². The third kappa shape index (κ3) is 0.312. The molecule has 0 aromatic heterocycles. The lowest BCUT2D eigenvalue weighted by molar-refractivity contribution is 0.154. The minimum Gasteiger partial charge on any atom is -0.447 e. The molecule has 1 amide bonds. The average molecular weight is 139 g/mol. The number of cyclic esters (lactones) is 1. The Hall–Kier alpha value is -0.730. The molecule has 2 unspecified atom stereocenters. The molecule has 0 aromatic carbocycles. The fourth-order valence-corrected chi connectivity index (χ4v) is 2.53. The third-order valence-corrected chi connectivity index (χ3v) is 3.07. The highest BCUT2D eigenvalue weighted by molar-refractivity contribution is 5.77. The monoisotopic (exact) mass is 139 g/mol. The summed E-state index contributed by atoms with van der Waals surface area (Å²) in [5.41, 5.74) is 0.205. The number of piperidine rings is 1. The van der Waals surface area contributed by atoms with E-state index in [1.807, 2.05) is 4.90 Å². The molecule has 1 spiro atoms. The van der Waals surface area contributed by atoms with Crippen molar-refractivity contribution in [2.45, 2.75) is 30.8 Å². The molecule has 3 rings (SSSR count). The minimum absolute atomic E-state index is 0.0790. The summed E-state index contributed by atoms with van der Waals surface area (Å²) in [7, 11) is 0. The molecule has 0 aromatic rings. The van der Waals surface area contributed by atoms with Gasteiger partial charge in [-0.2, -0.15) is 0 Å². The first kappa shape index (κ1) is 4.99. The highest BCUT2D eigenvalue weighted by Crippen LogP contribution is 2.56. The van der Waals surface area contributed by atoms with E-state index in [1.54, 1.807) is 0 Å². The fraction of sp³-hybridized carbons (Fsp3) is 0.857. The smallest absolute Gasteiger partial charge is 0.410 e. The Labute approximate surface area is 58.9 Å². The van der Waals surface area contributed by atoms with Gasteiger partial charge in [0, 0.05) is 0 Å². The normalized spacial score (nSPS) is 48.6. The third-order valence-electron chi connectivity index (χ3n) is 3.07. The number of hydrogen-bond acceptors (Lipinski definition) is 2. The molecule has 0 bridgehead atoms. The van der Waals surface area contributed by atoms with Gasteiger partial charge >= 0.3 is 6.09 Å². The molecule has 2 aliphatic heterocycles. The van der Waals surface area contributed by atoms with Crippen molar-refractivity contribution in [1.29, 1.82) is 0 Å². The van der Waals surface area contributed by atoms with Crippen molar-refractivity contribution in [3.8, 4) is 0 Å². The number of ether oxygens (including phenoxy) is 1. The Kier molecular flexibility index (Phi) is 0.588. The summed E-state index contributed by atoms with van der Waals surface area (Å²) in [5, 5.41) is 0. The Morgan fingerprint density at radius 2 is 2.60 bits per heavy atom. The predicted octanol–water partition coefficient (Wildman–Crippen LogP) is 0.744. The van der Waals surface area contributed by atoms with Crippen LogP contribution in [0, 0.1) is 0 Å². The van der Waals surface area contributed by atoms with Crippen molar-refractivity contribution in [3.63, 3.8) is 0 Å². The van der Waals surface area contributed by atoms with Crippen LogP contribution in [0.15, 0.2) is 0 Å². The maximum absolute atomic E-state index is 10.9. The van der Waals surface area contributed by atoms with Gasteiger partial charge in [-0.25, -0.2) is 4.79 Å². The zero-order valence-electron chi connectivity index (χ0n) is 5.67. The van der Waals surface area contributed by atoms with Crippen LogP contribution in [-0.4, -0.2) is 29.2 Å². The number of carbonyl (C=O) groups is 1. The van der Waals surface area contributed by atoms with E-state index in [0.29, 0.717) is 12.6 Å². The molecule has 2 atom stereocenters. The van der Waals surface area contributed by atoms with E-state index in [0.717, 1.165) is 0 Å². The Bertz CT molecular complexity index is 216. The van der Waals surface area contributed by atoms with Crippen molar-refractivity contribution in [3.05, 3.63) is 0 Å². The number of rotatable bonds is 0. The zero-order chi connectivity index (χ0) is 6.77. The predicted molar refractivity (Wildman–Crippen MR) is 33.6 cm³/mol. The summed E-state index contributed by atoms with van der Waals surface area (Å²) in [6, 6.07) is 0.564. The second-order valence-electron chi connectivity index (χ2n) is 3.44. The van der Waals surface area contributed by atoms with Gasteiger partial charge in [0.1, 0.15) is 12.1 Å². The molecule has 3 fully saturated rings. The number of carbonyl (C=O) groups excluding carboxylic acids is 1. The molecule has 1 aliphatic carbocycles. The van der Waals surface area contributed by atoms with Crippen molar-refractivity contribution in [1.82, 2.24) is 4.90 Å². The Balaban J connectivity index is 2.00. The van der Waals surface area contributed by atoms with Crippen LogP contribution in [-0.2, 0) is 4.74 Å². The molecule has 3 nitrogen and oxygen atoms in total. The summed E-state index contributed by atoms with van der Waals surface area (Å²) in [4.78, 5) is 12.8. The van der Waals surface area contributed by atoms with Gasteiger partial charge in [-0.05, 0) is 19.3 Å². The van der Waals surface area contributed by atoms with E-state index in [2.05, 4.69) is 0 Å². The van der Waals surface area contributed by atoms with Crippen molar-refractivity contribution < 1.29 is 9.53 Å². The second kappa shape index (κ2) is 1.18. The van der Waals surface area contributed by atoms with Gasteiger partial charge in [0.25, 0.3) is 0 Å². The Morgan fingerprint density at radius 3 is 3.30 bits per heavy atom. The van der Waals surface area contributed by atoms with Crippen LogP contribution in [0.1, 0.15) is 19.3 Å². The number of hydrogen-bond donors (Lipinski definition) is 0. The lowest BCUT2D eigenvalue weighted by atomic mass is 10.1. The molecule has 3 heteroatoms. The lowest BCUT2D eigenvalue weighted by Crippen LogP contribution is -2.14. The number of amides is 1. The Morgan fingerprint density at radius 1 is 1.70 bits per heavy atom. The van der Waals surface area contributed by atoms with Gasteiger partial charge in [-0.15, -0.1) is 0 Å². The van der Waals surface area contributed by atoms with Gasteiger partial charge in [0.2, 0.25) is 0 Å². The van der Waals surface area contributed by atoms with E-state index < -0.39 is 0 Å².